The first-order chi connectivity index (χ1) is 17.1. The molecule has 3 N–H and O–H groups in total. The van der Waals surface area contributed by atoms with Crippen LogP contribution >= 0.6 is 0 Å². The summed E-state index contributed by atoms with van der Waals surface area (Å²) in [6.07, 6.45) is 3.66. The van der Waals surface area contributed by atoms with Gasteiger partial charge in [0.05, 0.1) is 10.9 Å². The van der Waals surface area contributed by atoms with E-state index >= 15 is 0 Å². The lowest BCUT2D eigenvalue weighted by Crippen LogP contribution is -2.53. The average Bonchev–Trinajstić information content (AvgIpc) is 2.87. The largest absolute Gasteiger partial charge is 0.485 e. The van der Waals surface area contributed by atoms with Gasteiger partial charge < -0.3 is 15.2 Å². The van der Waals surface area contributed by atoms with Crippen LogP contribution in [-0.2, 0) is 22.9 Å². The van der Waals surface area contributed by atoms with Gasteiger partial charge in [-0.05, 0) is 74.2 Å². The Kier molecular flexibility index (Phi) is 7.44. The Morgan fingerprint density at radius 2 is 1.86 bits per heavy atom. The predicted molar refractivity (Wildman–Crippen MR) is 136 cm³/mol. The summed E-state index contributed by atoms with van der Waals surface area (Å²) in [4.78, 5) is 17.0. The van der Waals surface area contributed by atoms with Gasteiger partial charge in [0.25, 0.3) is 5.91 Å². The zero-order chi connectivity index (χ0) is 25.9. The predicted octanol–water partition coefficient (Wildman–Crippen LogP) is 3.17. The number of aliphatic hydroxyl groups excluding tert-OH is 1. The number of benzene rings is 2. The van der Waals surface area contributed by atoms with Crippen molar-refractivity contribution in [3.63, 3.8) is 0 Å². The van der Waals surface area contributed by atoms with Crippen LogP contribution in [-0.4, -0.2) is 42.7 Å². The van der Waals surface area contributed by atoms with E-state index in [-0.39, 0.29) is 10.8 Å². The van der Waals surface area contributed by atoms with Gasteiger partial charge in [0.1, 0.15) is 17.5 Å². The van der Waals surface area contributed by atoms with E-state index in [0.717, 1.165) is 17.5 Å². The van der Waals surface area contributed by atoms with Gasteiger partial charge in [0, 0.05) is 30.1 Å². The quantitative estimate of drug-likeness (QED) is 0.429. The van der Waals surface area contributed by atoms with Crippen LogP contribution in [0.15, 0.2) is 71.9 Å². The monoisotopic (exact) mass is 509 g/mol. The molecule has 8 nitrogen and oxygen atoms in total. The fourth-order valence-corrected chi connectivity index (χ4v) is 5.40. The first-order valence-corrected chi connectivity index (χ1v) is 13.4. The van der Waals surface area contributed by atoms with Gasteiger partial charge >= 0.3 is 0 Å². The molecule has 1 aliphatic rings. The van der Waals surface area contributed by atoms with Gasteiger partial charge in [0.2, 0.25) is 10.0 Å². The highest BCUT2D eigenvalue weighted by Crippen LogP contribution is 2.41. The second-order valence-electron chi connectivity index (χ2n) is 9.37. The topological polar surface area (TPSA) is 118 Å². The van der Waals surface area contributed by atoms with E-state index in [9.17, 15) is 18.3 Å². The van der Waals surface area contributed by atoms with Crippen molar-refractivity contribution in [2.24, 2.45) is 0 Å². The molecule has 2 aromatic carbocycles. The van der Waals surface area contributed by atoms with Crippen LogP contribution in [0.5, 0.6) is 5.75 Å². The molecular formula is C27H31N3O5S. The van der Waals surface area contributed by atoms with Crippen molar-refractivity contribution in [3.05, 3.63) is 89.2 Å². The van der Waals surface area contributed by atoms with Gasteiger partial charge in [-0.25, -0.2) is 13.1 Å². The number of carbonyl (C=O) groups excluding carboxylic acids is 1. The third-order valence-electron chi connectivity index (χ3n) is 6.35. The van der Waals surface area contributed by atoms with Crippen molar-refractivity contribution in [1.29, 1.82) is 0 Å². The summed E-state index contributed by atoms with van der Waals surface area (Å²) in [6, 6.07) is 14.2. The summed E-state index contributed by atoms with van der Waals surface area (Å²) in [5.41, 5.74) is 1.70. The summed E-state index contributed by atoms with van der Waals surface area (Å²) in [6.45, 7) is 5.79. The first kappa shape index (κ1) is 25.8. The number of nitrogens with zero attached hydrogens (tertiary/aromatic N) is 1. The Labute approximate surface area is 211 Å². The minimum Gasteiger partial charge on any atom is -0.485 e. The zero-order valence-electron chi connectivity index (χ0n) is 20.6. The Bertz CT molecular complexity index is 1330. The molecule has 36 heavy (non-hydrogen) atoms. The standard InChI is InChI=1S/C27H31N3O5S/c1-4-18-7-10-21(11-8-18)36(33,34)30-24-22-16-20(9-12-23(22)35-27(2,3)25(24)31)26(32)29-15-13-19-6-5-14-28-17-19/h5-12,14,16-17,24-25,30-31H,4,13,15H2,1-3H3,(H,29,32)/t24-,25+/m1/s1. The molecule has 0 aliphatic carbocycles. The number of nitrogens with one attached hydrogen (secondary N) is 2. The molecule has 1 aromatic heterocycles. The number of aliphatic hydroxyl groups is 1. The summed E-state index contributed by atoms with van der Waals surface area (Å²) in [5.74, 6) is 0.101. The third kappa shape index (κ3) is 5.59. The molecule has 4 rings (SSSR count). The summed E-state index contributed by atoms with van der Waals surface area (Å²) >= 11 is 0. The lowest BCUT2D eigenvalue weighted by Gasteiger charge is -2.42. The van der Waals surface area contributed by atoms with Gasteiger partial charge in [-0.1, -0.05) is 25.1 Å². The third-order valence-corrected chi connectivity index (χ3v) is 7.81. The number of fused-ring (bicyclic) bond motifs is 1. The molecule has 1 aliphatic heterocycles. The summed E-state index contributed by atoms with van der Waals surface area (Å²) < 4.78 is 35.0. The molecule has 2 heterocycles. The number of ether oxygens (including phenoxy) is 1. The van der Waals surface area contributed by atoms with Crippen LogP contribution < -0.4 is 14.8 Å². The smallest absolute Gasteiger partial charge is 0.251 e. The number of sulfonamides is 1. The minimum atomic E-state index is -3.96. The molecule has 2 atom stereocenters. The van der Waals surface area contributed by atoms with E-state index in [1.165, 1.54) is 0 Å². The van der Waals surface area contributed by atoms with Crippen LogP contribution in [0.1, 0.15) is 53.9 Å². The maximum atomic E-state index is 13.2. The van der Waals surface area contributed by atoms with Crippen LogP contribution in [0.25, 0.3) is 0 Å². The molecule has 0 saturated heterocycles. The molecule has 0 fully saturated rings. The Balaban J connectivity index is 1.58. The molecule has 0 radical (unpaired) electrons. The number of aromatic nitrogens is 1. The molecule has 9 heteroatoms. The van der Waals surface area contributed by atoms with Crippen molar-refractivity contribution >= 4 is 15.9 Å². The van der Waals surface area contributed by atoms with Gasteiger partial charge in [-0.15, -0.1) is 0 Å². The molecular weight excluding hydrogens is 478 g/mol. The molecule has 1 amide bonds. The second-order valence-corrected chi connectivity index (χ2v) is 11.1. The Hall–Kier alpha value is -3.27. The van der Waals surface area contributed by atoms with Crippen molar-refractivity contribution in [2.45, 2.75) is 56.3 Å². The fourth-order valence-electron chi connectivity index (χ4n) is 4.18. The molecule has 0 saturated carbocycles. The van der Waals surface area contributed by atoms with Crippen LogP contribution in [0.2, 0.25) is 0 Å². The molecule has 3 aromatic rings. The highest BCUT2D eigenvalue weighted by atomic mass is 32.2. The SMILES string of the molecule is CCc1ccc(S(=O)(=O)N[C@@H]2c3cc(C(=O)NCCc4cccnc4)ccc3OC(C)(C)[C@H]2O)cc1. The molecule has 0 bridgehead atoms. The van der Waals surface area contributed by atoms with E-state index in [4.69, 9.17) is 4.74 Å². The fraction of sp³-hybridized carbons (Fsp3) is 0.333. The lowest BCUT2D eigenvalue weighted by atomic mass is 9.86. The van der Waals surface area contributed by atoms with Crippen LogP contribution in [0.4, 0.5) is 0 Å². The van der Waals surface area contributed by atoms with Gasteiger partial charge in [-0.2, -0.15) is 0 Å². The van der Waals surface area contributed by atoms with Crippen molar-refractivity contribution in [1.82, 2.24) is 15.0 Å². The molecule has 0 unspecified atom stereocenters. The van der Waals surface area contributed by atoms with E-state index in [2.05, 4.69) is 15.0 Å². The molecule has 190 valence electrons. The number of hydrogen-bond donors (Lipinski definition) is 3. The number of aryl methyl sites for hydroxylation is 1. The number of amides is 1. The Morgan fingerprint density at radius 1 is 1.11 bits per heavy atom. The number of rotatable bonds is 8. The highest BCUT2D eigenvalue weighted by molar-refractivity contribution is 7.89. The van der Waals surface area contributed by atoms with Crippen molar-refractivity contribution < 1.29 is 23.1 Å². The maximum Gasteiger partial charge on any atom is 0.251 e. The van der Waals surface area contributed by atoms with Crippen LogP contribution in [0.3, 0.4) is 0 Å². The van der Waals surface area contributed by atoms with Crippen molar-refractivity contribution in [2.75, 3.05) is 6.54 Å². The zero-order valence-corrected chi connectivity index (χ0v) is 21.4. The summed E-state index contributed by atoms with van der Waals surface area (Å²) in [7, 11) is -3.96. The van der Waals surface area contributed by atoms with Gasteiger partial charge in [0.15, 0.2) is 0 Å². The van der Waals surface area contributed by atoms with Crippen molar-refractivity contribution in [3.8, 4) is 5.75 Å². The lowest BCUT2D eigenvalue weighted by molar-refractivity contribution is -0.0603. The van der Waals surface area contributed by atoms with E-state index in [1.807, 2.05) is 19.1 Å². The minimum absolute atomic E-state index is 0.0991. The van der Waals surface area contributed by atoms with Crippen LogP contribution in [0, 0.1) is 0 Å². The molecule has 0 spiro atoms. The number of hydrogen-bond acceptors (Lipinski definition) is 6. The normalized spacial score (nSPS) is 18.7. The summed E-state index contributed by atoms with van der Waals surface area (Å²) in [5, 5.41) is 13.9. The van der Waals surface area contributed by atoms with E-state index in [1.54, 1.807) is 68.7 Å². The maximum absolute atomic E-state index is 13.2. The second kappa shape index (κ2) is 10.4. The Morgan fingerprint density at radius 3 is 2.53 bits per heavy atom. The van der Waals surface area contributed by atoms with E-state index in [0.29, 0.717) is 29.8 Å². The average molecular weight is 510 g/mol. The number of pyridine rings is 1. The van der Waals surface area contributed by atoms with Gasteiger partial charge in [-0.3, -0.25) is 9.78 Å². The first-order valence-electron chi connectivity index (χ1n) is 11.9. The van der Waals surface area contributed by atoms with E-state index < -0.39 is 27.8 Å². The highest BCUT2D eigenvalue weighted by Gasteiger charge is 2.44. The number of carbonyl (C=O) groups is 1.